The number of ether oxygens (including phenoxy) is 1. The molecule has 5 heteroatoms. The van der Waals surface area contributed by atoms with Crippen molar-refractivity contribution >= 4 is 24.5 Å². The van der Waals surface area contributed by atoms with Gasteiger partial charge in [-0.15, -0.1) is 0 Å². The Kier molecular flexibility index (Phi) is 5.14. The van der Waals surface area contributed by atoms with Gasteiger partial charge in [-0.2, -0.15) is 12.6 Å². The Morgan fingerprint density at radius 3 is 2.07 bits per heavy atom. The molecule has 1 atom stereocenters. The maximum Gasteiger partial charge on any atom is 0.330 e. The second-order valence-corrected chi connectivity index (χ2v) is 5.43. The Hall–Kier alpha value is -0.710. The van der Waals surface area contributed by atoms with Gasteiger partial charge in [-0.1, -0.05) is 0 Å². The largest absolute Gasteiger partial charge is 0.461 e. The van der Waals surface area contributed by atoms with E-state index >= 15 is 0 Å². The van der Waals surface area contributed by atoms with Crippen LogP contribution in [-0.2, 0) is 14.3 Å². The summed E-state index contributed by atoms with van der Waals surface area (Å²) in [5, 5.41) is 2.54. The van der Waals surface area contributed by atoms with Crippen LogP contribution >= 0.6 is 12.6 Å². The fraction of sp³-hybridized carbons (Fsp3) is 0.800. The molecular formula is C10H19NO3S. The minimum absolute atomic E-state index is 0.204. The second-order valence-electron chi connectivity index (χ2n) is 4.27. The van der Waals surface area contributed by atoms with Crippen LogP contribution < -0.4 is 5.32 Å². The van der Waals surface area contributed by atoms with Crippen molar-refractivity contribution in [2.45, 2.75) is 51.5 Å². The summed E-state index contributed by atoms with van der Waals surface area (Å²) in [5.41, 5.74) is 0. The third-order valence-corrected chi connectivity index (χ3v) is 1.90. The summed E-state index contributed by atoms with van der Waals surface area (Å²) in [7, 11) is 0. The van der Waals surface area contributed by atoms with Crippen LogP contribution in [0.3, 0.4) is 0 Å². The number of amides is 1. The Morgan fingerprint density at radius 2 is 1.80 bits per heavy atom. The Balaban J connectivity index is 4.64. The quantitative estimate of drug-likeness (QED) is 0.566. The van der Waals surface area contributed by atoms with Crippen molar-refractivity contribution < 1.29 is 14.3 Å². The van der Waals surface area contributed by atoms with Gasteiger partial charge in [0.2, 0.25) is 5.91 Å². The van der Waals surface area contributed by atoms with Crippen LogP contribution in [0.25, 0.3) is 0 Å². The van der Waals surface area contributed by atoms with E-state index in [-0.39, 0.29) is 12.0 Å². The Morgan fingerprint density at radius 1 is 1.33 bits per heavy atom. The molecule has 0 aromatic rings. The molecule has 0 unspecified atom stereocenters. The molecule has 0 bridgehead atoms. The number of nitrogens with one attached hydrogen (secondary N) is 1. The number of hydrogen-bond acceptors (Lipinski definition) is 4. The Labute approximate surface area is 96.2 Å². The van der Waals surface area contributed by atoms with Crippen molar-refractivity contribution in [1.82, 2.24) is 5.32 Å². The molecular weight excluding hydrogens is 214 g/mol. The van der Waals surface area contributed by atoms with E-state index in [1.165, 1.54) is 6.92 Å². The number of carbonyl (C=O) groups is 2. The summed E-state index contributed by atoms with van der Waals surface area (Å²) in [6, 6.07) is -0.735. The molecule has 0 fully saturated rings. The molecule has 1 N–H and O–H groups in total. The summed E-state index contributed by atoms with van der Waals surface area (Å²) in [4.78, 5) is 22.6. The van der Waals surface area contributed by atoms with Crippen molar-refractivity contribution in [3.05, 3.63) is 0 Å². The van der Waals surface area contributed by atoms with Gasteiger partial charge < -0.3 is 10.1 Å². The lowest BCUT2D eigenvalue weighted by atomic mass is 10.0. The summed E-state index contributed by atoms with van der Waals surface area (Å²) in [5.74, 6) is -0.733. The van der Waals surface area contributed by atoms with Crippen LogP contribution in [-0.4, -0.2) is 28.8 Å². The number of esters is 1. The molecule has 0 rings (SSSR count). The van der Waals surface area contributed by atoms with Crippen molar-refractivity contribution in [1.29, 1.82) is 0 Å². The monoisotopic (exact) mass is 233 g/mol. The summed E-state index contributed by atoms with van der Waals surface area (Å²) in [6.07, 6.45) is -0.204. The molecule has 0 spiro atoms. The number of carbonyl (C=O) groups excluding carboxylic acids is 2. The van der Waals surface area contributed by atoms with Gasteiger partial charge in [0, 0.05) is 11.7 Å². The molecule has 0 saturated heterocycles. The average molecular weight is 233 g/mol. The molecule has 4 nitrogen and oxygen atoms in total. The van der Waals surface area contributed by atoms with E-state index in [4.69, 9.17) is 4.74 Å². The highest BCUT2D eigenvalue weighted by Crippen LogP contribution is 2.19. The fourth-order valence-electron chi connectivity index (χ4n) is 1.03. The normalized spacial score (nSPS) is 13.5. The first-order valence-electron chi connectivity index (χ1n) is 4.84. The van der Waals surface area contributed by atoms with Gasteiger partial charge in [-0.25, -0.2) is 4.79 Å². The molecule has 15 heavy (non-hydrogen) atoms. The summed E-state index contributed by atoms with van der Waals surface area (Å²) >= 11 is 4.27. The van der Waals surface area contributed by atoms with Crippen molar-refractivity contribution in [3.63, 3.8) is 0 Å². The van der Waals surface area contributed by atoms with Crippen LogP contribution in [0.5, 0.6) is 0 Å². The molecule has 0 radical (unpaired) electrons. The molecule has 0 aliphatic heterocycles. The van der Waals surface area contributed by atoms with Crippen LogP contribution in [0.1, 0.15) is 34.6 Å². The first kappa shape index (κ1) is 14.3. The number of rotatable bonds is 4. The van der Waals surface area contributed by atoms with Crippen LogP contribution in [0.15, 0.2) is 0 Å². The van der Waals surface area contributed by atoms with E-state index in [1.807, 2.05) is 0 Å². The van der Waals surface area contributed by atoms with E-state index in [9.17, 15) is 9.59 Å². The highest BCUT2D eigenvalue weighted by molar-refractivity contribution is 7.81. The van der Waals surface area contributed by atoms with E-state index in [1.54, 1.807) is 27.7 Å². The van der Waals surface area contributed by atoms with E-state index in [2.05, 4.69) is 17.9 Å². The van der Waals surface area contributed by atoms with E-state index in [0.717, 1.165) is 0 Å². The highest BCUT2D eigenvalue weighted by Gasteiger charge is 2.34. The number of hydrogen-bond donors (Lipinski definition) is 2. The lowest BCUT2D eigenvalue weighted by molar-refractivity contribution is -0.152. The third-order valence-electron chi connectivity index (χ3n) is 1.64. The standard InChI is InChI=1S/C10H19NO3S/c1-6(2)14-9(13)8(10(4,5)15)11-7(3)12/h6,8,15H,1-5H3,(H,11,12)/t8-/m0/s1. The minimum atomic E-state index is -0.735. The van der Waals surface area contributed by atoms with Gasteiger partial charge in [0.25, 0.3) is 0 Å². The molecule has 88 valence electrons. The first-order chi connectivity index (χ1) is 6.64. The molecule has 0 aromatic carbocycles. The van der Waals surface area contributed by atoms with Gasteiger partial charge in [0.05, 0.1) is 6.10 Å². The second kappa shape index (κ2) is 5.39. The molecule has 0 heterocycles. The predicted octanol–water partition coefficient (Wildman–Crippen LogP) is 1.15. The number of thiol groups is 1. The lowest BCUT2D eigenvalue weighted by Crippen LogP contribution is -2.52. The van der Waals surface area contributed by atoms with Crippen LogP contribution in [0.4, 0.5) is 0 Å². The van der Waals surface area contributed by atoms with Crippen molar-refractivity contribution in [3.8, 4) is 0 Å². The van der Waals surface area contributed by atoms with Gasteiger partial charge in [0.15, 0.2) is 0 Å². The van der Waals surface area contributed by atoms with Gasteiger partial charge in [-0.3, -0.25) is 4.79 Å². The summed E-state index contributed by atoms with van der Waals surface area (Å²) < 4.78 is 4.38. The summed E-state index contributed by atoms with van der Waals surface area (Å²) in [6.45, 7) is 8.37. The van der Waals surface area contributed by atoms with Gasteiger partial charge in [0.1, 0.15) is 6.04 Å². The molecule has 0 aromatic heterocycles. The SMILES string of the molecule is CC(=O)N[C@@H](C(=O)OC(C)C)C(C)(C)S. The van der Waals surface area contributed by atoms with Gasteiger partial charge >= 0.3 is 5.97 Å². The Bertz CT molecular complexity index is 246. The molecule has 0 saturated carbocycles. The van der Waals surface area contributed by atoms with Crippen LogP contribution in [0, 0.1) is 0 Å². The topological polar surface area (TPSA) is 55.4 Å². The fourth-order valence-corrected chi connectivity index (χ4v) is 1.20. The highest BCUT2D eigenvalue weighted by atomic mass is 32.1. The van der Waals surface area contributed by atoms with Crippen molar-refractivity contribution in [2.24, 2.45) is 0 Å². The lowest BCUT2D eigenvalue weighted by Gasteiger charge is -2.28. The zero-order chi connectivity index (χ0) is 12.2. The van der Waals surface area contributed by atoms with E-state index in [0.29, 0.717) is 0 Å². The minimum Gasteiger partial charge on any atom is -0.461 e. The maximum atomic E-state index is 11.6. The van der Waals surface area contributed by atoms with Crippen LogP contribution in [0.2, 0.25) is 0 Å². The molecule has 0 aliphatic carbocycles. The predicted molar refractivity (Wildman–Crippen MR) is 61.9 cm³/mol. The third kappa shape index (κ3) is 5.67. The van der Waals surface area contributed by atoms with Gasteiger partial charge in [-0.05, 0) is 27.7 Å². The zero-order valence-corrected chi connectivity index (χ0v) is 10.7. The van der Waals surface area contributed by atoms with E-state index < -0.39 is 16.8 Å². The van der Waals surface area contributed by atoms with Crippen molar-refractivity contribution in [2.75, 3.05) is 0 Å². The molecule has 0 aliphatic rings. The average Bonchev–Trinajstić information content (AvgIpc) is 1.95. The smallest absolute Gasteiger partial charge is 0.330 e. The first-order valence-corrected chi connectivity index (χ1v) is 5.29. The maximum absolute atomic E-state index is 11.6. The zero-order valence-electron chi connectivity index (χ0n) is 9.83. The molecule has 1 amide bonds.